The Balaban J connectivity index is 1.87. The van der Waals surface area contributed by atoms with Crippen LogP contribution >= 0.6 is 11.8 Å². The molecule has 0 saturated heterocycles. The number of thioether (sulfide) groups is 1. The number of nitrogens with one attached hydrogen (secondary N) is 1. The summed E-state index contributed by atoms with van der Waals surface area (Å²) < 4.78 is 0. The maximum Gasteiger partial charge on any atom is 0.162 e. The molecule has 122 valence electrons. The summed E-state index contributed by atoms with van der Waals surface area (Å²) in [4.78, 5) is 14.1. The van der Waals surface area contributed by atoms with Gasteiger partial charge in [-0.1, -0.05) is 48.9 Å². The van der Waals surface area contributed by atoms with E-state index in [9.17, 15) is 4.79 Å². The Morgan fingerprint density at radius 1 is 1.04 bits per heavy atom. The first-order valence-corrected chi connectivity index (χ1v) is 9.35. The standard InChI is InChI=1S/C21H21NOS/c1-13-7-9-15(10-8-13)21-20-17(11-14(2)12-18(20)23)22-16-5-3-4-6-19(16)24-21/h3-10,14,21-22H,11-12H2,1-2H3. The molecule has 1 aliphatic carbocycles. The second-order valence-corrected chi connectivity index (χ2v) is 8.01. The summed E-state index contributed by atoms with van der Waals surface area (Å²) in [6.07, 6.45) is 1.60. The molecule has 0 spiro atoms. The van der Waals surface area contributed by atoms with E-state index in [1.165, 1.54) is 16.0 Å². The average molecular weight is 335 g/mol. The zero-order valence-corrected chi connectivity index (χ0v) is 14.8. The molecule has 0 saturated carbocycles. The Bertz CT molecular complexity index is 822. The van der Waals surface area contributed by atoms with E-state index in [0.29, 0.717) is 18.1 Å². The monoisotopic (exact) mass is 335 g/mol. The SMILES string of the molecule is Cc1ccc(C2Sc3ccccc3NC3=C2C(=O)CC(C)C3)cc1. The molecule has 0 radical (unpaired) electrons. The molecule has 2 aliphatic rings. The van der Waals surface area contributed by atoms with Crippen LogP contribution in [0.15, 0.2) is 64.7 Å². The Hall–Kier alpha value is -2.00. The minimum Gasteiger partial charge on any atom is -0.358 e. The van der Waals surface area contributed by atoms with E-state index < -0.39 is 0 Å². The quantitative estimate of drug-likeness (QED) is 0.745. The number of allylic oxidation sites excluding steroid dienone is 1. The van der Waals surface area contributed by atoms with Crippen molar-refractivity contribution in [1.29, 1.82) is 0 Å². The van der Waals surface area contributed by atoms with Crippen LogP contribution in [-0.4, -0.2) is 5.78 Å². The summed E-state index contributed by atoms with van der Waals surface area (Å²) in [5, 5.41) is 3.64. The lowest BCUT2D eigenvalue weighted by Gasteiger charge is -2.27. The number of hydrogen-bond acceptors (Lipinski definition) is 3. The van der Waals surface area contributed by atoms with Gasteiger partial charge in [0.15, 0.2) is 5.78 Å². The highest BCUT2D eigenvalue weighted by atomic mass is 32.2. The molecule has 1 heterocycles. The predicted molar refractivity (Wildman–Crippen MR) is 100 cm³/mol. The van der Waals surface area contributed by atoms with Gasteiger partial charge < -0.3 is 5.32 Å². The van der Waals surface area contributed by atoms with E-state index in [2.05, 4.69) is 61.6 Å². The Morgan fingerprint density at radius 3 is 2.58 bits per heavy atom. The van der Waals surface area contributed by atoms with Crippen molar-refractivity contribution >= 4 is 23.2 Å². The molecule has 1 aliphatic heterocycles. The number of ketones is 1. The lowest BCUT2D eigenvalue weighted by Crippen LogP contribution is -2.23. The lowest BCUT2D eigenvalue weighted by atomic mass is 9.84. The van der Waals surface area contributed by atoms with E-state index in [1.54, 1.807) is 11.8 Å². The van der Waals surface area contributed by atoms with Gasteiger partial charge in [0.25, 0.3) is 0 Å². The molecule has 2 aromatic carbocycles. The first kappa shape index (κ1) is 15.5. The first-order chi connectivity index (χ1) is 11.6. The smallest absolute Gasteiger partial charge is 0.162 e. The number of aryl methyl sites for hydroxylation is 1. The number of carbonyl (C=O) groups is 1. The Morgan fingerprint density at radius 2 is 1.79 bits per heavy atom. The topological polar surface area (TPSA) is 29.1 Å². The van der Waals surface area contributed by atoms with E-state index in [1.807, 2.05) is 6.07 Å². The maximum absolute atomic E-state index is 12.9. The molecule has 2 atom stereocenters. The predicted octanol–water partition coefficient (Wildman–Crippen LogP) is 5.51. The van der Waals surface area contributed by atoms with Crippen LogP contribution in [0.1, 0.15) is 36.1 Å². The number of benzene rings is 2. The van der Waals surface area contributed by atoms with Crippen LogP contribution in [0.4, 0.5) is 5.69 Å². The molecule has 2 unspecified atom stereocenters. The highest BCUT2D eigenvalue weighted by Gasteiger charge is 2.34. The van der Waals surface area contributed by atoms with Gasteiger partial charge in [-0.2, -0.15) is 0 Å². The molecule has 1 N–H and O–H groups in total. The summed E-state index contributed by atoms with van der Waals surface area (Å²) >= 11 is 1.79. The molecular formula is C21H21NOS. The van der Waals surface area contributed by atoms with Crippen molar-refractivity contribution in [2.75, 3.05) is 5.32 Å². The normalized spacial score (nSPS) is 23.2. The second-order valence-electron chi connectivity index (χ2n) is 6.86. The summed E-state index contributed by atoms with van der Waals surface area (Å²) in [5.74, 6) is 0.694. The number of Topliss-reactive ketones (excluding diaryl/α,β-unsaturated/α-hetero) is 1. The van der Waals surface area contributed by atoms with E-state index in [0.717, 1.165) is 23.4 Å². The molecular weight excluding hydrogens is 314 g/mol. The van der Waals surface area contributed by atoms with Gasteiger partial charge in [-0.05, 0) is 37.0 Å². The number of rotatable bonds is 1. The highest BCUT2D eigenvalue weighted by molar-refractivity contribution is 8.00. The molecule has 24 heavy (non-hydrogen) atoms. The third-order valence-corrected chi connectivity index (χ3v) is 6.13. The zero-order chi connectivity index (χ0) is 16.7. The van der Waals surface area contributed by atoms with E-state index in [4.69, 9.17) is 0 Å². The van der Waals surface area contributed by atoms with E-state index in [-0.39, 0.29) is 5.25 Å². The third kappa shape index (κ3) is 2.78. The number of hydrogen-bond donors (Lipinski definition) is 1. The second kappa shape index (κ2) is 6.14. The van der Waals surface area contributed by atoms with Gasteiger partial charge in [-0.3, -0.25) is 4.79 Å². The molecule has 0 bridgehead atoms. The fourth-order valence-corrected chi connectivity index (χ4v) is 4.89. The number of anilines is 1. The molecule has 2 aromatic rings. The van der Waals surface area contributed by atoms with Gasteiger partial charge in [-0.15, -0.1) is 11.8 Å². The molecule has 0 fully saturated rings. The summed E-state index contributed by atoms with van der Waals surface area (Å²) in [6.45, 7) is 4.26. The fourth-order valence-electron chi connectivity index (χ4n) is 3.55. The van der Waals surface area contributed by atoms with Gasteiger partial charge in [0.1, 0.15) is 0 Å². The van der Waals surface area contributed by atoms with E-state index >= 15 is 0 Å². The summed E-state index contributed by atoms with van der Waals surface area (Å²) in [5.41, 5.74) is 5.65. The molecule has 0 aromatic heterocycles. The lowest BCUT2D eigenvalue weighted by molar-refractivity contribution is -0.116. The van der Waals surface area contributed by atoms with Crippen molar-refractivity contribution in [3.8, 4) is 0 Å². The van der Waals surface area contributed by atoms with Crippen LogP contribution in [-0.2, 0) is 4.79 Å². The van der Waals surface area contributed by atoms with Crippen molar-refractivity contribution in [3.05, 3.63) is 70.9 Å². The third-order valence-electron chi connectivity index (χ3n) is 4.77. The first-order valence-electron chi connectivity index (χ1n) is 8.47. The molecule has 4 rings (SSSR count). The van der Waals surface area contributed by atoms with Crippen molar-refractivity contribution in [2.45, 2.75) is 36.8 Å². The maximum atomic E-state index is 12.9. The summed E-state index contributed by atoms with van der Waals surface area (Å²) in [7, 11) is 0. The van der Waals surface area contributed by atoms with Crippen molar-refractivity contribution < 1.29 is 4.79 Å². The van der Waals surface area contributed by atoms with Gasteiger partial charge in [0, 0.05) is 22.6 Å². The van der Waals surface area contributed by atoms with Crippen LogP contribution in [0.5, 0.6) is 0 Å². The fraction of sp³-hybridized carbons (Fsp3) is 0.286. The van der Waals surface area contributed by atoms with Crippen LogP contribution < -0.4 is 5.32 Å². The average Bonchev–Trinajstić information content (AvgIpc) is 2.72. The van der Waals surface area contributed by atoms with Crippen LogP contribution in [0.2, 0.25) is 0 Å². The zero-order valence-electron chi connectivity index (χ0n) is 14.0. The van der Waals surface area contributed by atoms with Crippen LogP contribution in [0.25, 0.3) is 0 Å². The molecule has 2 nitrogen and oxygen atoms in total. The molecule has 0 amide bonds. The van der Waals surface area contributed by atoms with Gasteiger partial charge in [0.05, 0.1) is 10.9 Å². The highest BCUT2D eigenvalue weighted by Crippen LogP contribution is 2.49. The van der Waals surface area contributed by atoms with Crippen LogP contribution in [0.3, 0.4) is 0 Å². The van der Waals surface area contributed by atoms with Gasteiger partial charge >= 0.3 is 0 Å². The Labute approximate surface area is 147 Å². The summed E-state index contributed by atoms with van der Waals surface area (Å²) in [6, 6.07) is 17.0. The van der Waals surface area contributed by atoms with Crippen molar-refractivity contribution in [1.82, 2.24) is 0 Å². The molecule has 3 heteroatoms. The largest absolute Gasteiger partial charge is 0.358 e. The number of carbonyl (C=O) groups excluding carboxylic acids is 1. The van der Waals surface area contributed by atoms with Gasteiger partial charge in [0.2, 0.25) is 0 Å². The van der Waals surface area contributed by atoms with Crippen LogP contribution in [0, 0.1) is 12.8 Å². The van der Waals surface area contributed by atoms with Crippen molar-refractivity contribution in [2.24, 2.45) is 5.92 Å². The minimum atomic E-state index is 0.0664. The van der Waals surface area contributed by atoms with Gasteiger partial charge in [-0.25, -0.2) is 0 Å². The number of para-hydroxylation sites is 1. The Kier molecular flexibility index (Phi) is 3.97. The van der Waals surface area contributed by atoms with Crippen molar-refractivity contribution in [3.63, 3.8) is 0 Å². The minimum absolute atomic E-state index is 0.0664. The number of fused-ring (bicyclic) bond motifs is 1.